The van der Waals surface area contributed by atoms with E-state index in [2.05, 4.69) is 49.9 Å². The van der Waals surface area contributed by atoms with Crippen molar-refractivity contribution in [3.05, 3.63) is 78.9 Å². The van der Waals surface area contributed by atoms with Crippen molar-refractivity contribution >= 4 is 17.7 Å². The molecule has 0 aliphatic heterocycles. The molecule has 0 aromatic heterocycles. The van der Waals surface area contributed by atoms with Crippen LogP contribution in [0.25, 0.3) is 0 Å². The summed E-state index contributed by atoms with van der Waals surface area (Å²) < 4.78 is 12.2. The first-order chi connectivity index (χ1) is 17.7. The SMILES string of the molecule is C=CC(=O)O[C@](CCCCCCCCCCC)(CCCSc1ccccc1)COCc1ccccc1. The first-order valence-electron chi connectivity index (χ1n) is 13.8. The van der Waals surface area contributed by atoms with E-state index in [0.29, 0.717) is 13.2 Å². The number of esters is 1. The maximum atomic E-state index is 12.4. The fourth-order valence-corrected chi connectivity index (χ4v) is 5.32. The molecular weight excluding hydrogens is 464 g/mol. The van der Waals surface area contributed by atoms with Crippen molar-refractivity contribution in [1.82, 2.24) is 0 Å². The quantitative estimate of drug-likeness (QED) is 0.0726. The minimum absolute atomic E-state index is 0.357. The van der Waals surface area contributed by atoms with E-state index >= 15 is 0 Å². The molecule has 0 N–H and O–H groups in total. The number of carbonyl (C=O) groups is 1. The van der Waals surface area contributed by atoms with Gasteiger partial charge in [0, 0.05) is 11.0 Å². The molecule has 2 aromatic rings. The van der Waals surface area contributed by atoms with Crippen molar-refractivity contribution in [2.45, 2.75) is 101 Å². The van der Waals surface area contributed by atoms with Gasteiger partial charge in [-0.05, 0) is 49.1 Å². The van der Waals surface area contributed by atoms with Gasteiger partial charge >= 0.3 is 5.97 Å². The lowest BCUT2D eigenvalue weighted by molar-refractivity contribution is -0.164. The van der Waals surface area contributed by atoms with Gasteiger partial charge in [0.1, 0.15) is 5.60 Å². The van der Waals surface area contributed by atoms with Crippen LogP contribution in [0.15, 0.2) is 78.2 Å². The van der Waals surface area contributed by atoms with Gasteiger partial charge in [0.05, 0.1) is 13.2 Å². The number of benzene rings is 2. The lowest BCUT2D eigenvalue weighted by atomic mass is 9.91. The minimum Gasteiger partial charge on any atom is -0.453 e. The van der Waals surface area contributed by atoms with Gasteiger partial charge in [-0.25, -0.2) is 4.79 Å². The molecule has 0 aliphatic carbocycles. The van der Waals surface area contributed by atoms with E-state index in [0.717, 1.165) is 37.0 Å². The molecule has 198 valence electrons. The van der Waals surface area contributed by atoms with Gasteiger partial charge in [-0.15, -0.1) is 11.8 Å². The van der Waals surface area contributed by atoms with Crippen molar-refractivity contribution in [3.8, 4) is 0 Å². The van der Waals surface area contributed by atoms with Gasteiger partial charge in [0.15, 0.2) is 0 Å². The summed E-state index contributed by atoms with van der Waals surface area (Å²) in [5.41, 5.74) is 0.516. The van der Waals surface area contributed by atoms with Crippen LogP contribution in [-0.4, -0.2) is 23.9 Å². The van der Waals surface area contributed by atoms with Crippen LogP contribution in [0.3, 0.4) is 0 Å². The summed E-state index contributed by atoms with van der Waals surface area (Å²) in [6.07, 6.45) is 15.3. The highest BCUT2D eigenvalue weighted by Gasteiger charge is 2.33. The normalized spacial score (nSPS) is 12.7. The van der Waals surface area contributed by atoms with Crippen LogP contribution < -0.4 is 0 Å². The number of unbranched alkanes of at least 4 members (excludes halogenated alkanes) is 8. The highest BCUT2D eigenvalue weighted by Crippen LogP contribution is 2.30. The fraction of sp³-hybridized carbons (Fsp3) is 0.531. The molecule has 4 heteroatoms. The lowest BCUT2D eigenvalue weighted by Gasteiger charge is -2.33. The Morgan fingerprint density at radius 3 is 2.06 bits per heavy atom. The summed E-state index contributed by atoms with van der Waals surface area (Å²) >= 11 is 1.85. The van der Waals surface area contributed by atoms with E-state index in [-0.39, 0.29) is 5.97 Å². The number of rotatable bonds is 21. The number of ether oxygens (including phenoxy) is 2. The first-order valence-corrected chi connectivity index (χ1v) is 14.8. The molecule has 0 spiro atoms. The molecule has 1 atom stereocenters. The van der Waals surface area contributed by atoms with Crippen molar-refractivity contribution in [2.24, 2.45) is 0 Å². The van der Waals surface area contributed by atoms with E-state index in [4.69, 9.17) is 9.47 Å². The Labute approximate surface area is 224 Å². The third-order valence-electron chi connectivity index (χ3n) is 6.49. The van der Waals surface area contributed by atoms with Crippen LogP contribution in [-0.2, 0) is 20.9 Å². The van der Waals surface area contributed by atoms with Crippen molar-refractivity contribution < 1.29 is 14.3 Å². The Morgan fingerprint density at radius 2 is 1.42 bits per heavy atom. The average Bonchev–Trinajstić information content (AvgIpc) is 2.91. The molecule has 0 saturated carbocycles. The zero-order chi connectivity index (χ0) is 25.7. The standard InChI is InChI=1S/C32H46O3S/c1-3-5-6-7-8-9-10-11-18-24-32(35-31(33)4-2,28-34-27-29-20-14-12-15-21-29)25-19-26-36-30-22-16-13-17-23-30/h4,12-17,20-23H,2-3,5-11,18-19,24-28H2,1H3/t32-/m1/s1. The van der Waals surface area contributed by atoms with E-state index in [1.54, 1.807) is 0 Å². The molecule has 2 rings (SSSR count). The second-order valence-corrected chi connectivity index (χ2v) is 10.8. The summed E-state index contributed by atoms with van der Waals surface area (Å²) in [5.74, 6) is 0.623. The number of carbonyl (C=O) groups excluding carboxylic acids is 1. The largest absolute Gasteiger partial charge is 0.453 e. The molecule has 36 heavy (non-hydrogen) atoms. The summed E-state index contributed by atoms with van der Waals surface area (Å²) in [5, 5.41) is 0. The molecule has 3 nitrogen and oxygen atoms in total. The summed E-state index contributed by atoms with van der Waals surface area (Å²) in [6, 6.07) is 20.6. The summed E-state index contributed by atoms with van der Waals surface area (Å²) in [6.45, 7) is 6.83. The van der Waals surface area contributed by atoms with E-state index < -0.39 is 5.60 Å². The Balaban J connectivity index is 1.92. The molecular formula is C32H46O3S. The van der Waals surface area contributed by atoms with Crippen LogP contribution in [0.1, 0.15) is 89.5 Å². The van der Waals surface area contributed by atoms with E-state index in [9.17, 15) is 4.79 Å². The molecule has 0 radical (unpaired) electrons. The number of thioether (sulfide) groups is 1. The third kappa shape index (κ3) is 13.3. The molecule has 0 amide bonds. The van der Waals surface area contributed by atoms with Crippen LogP contribution in [0.4, 0.5) is 0 Å². The van der Waals surface area contributed by atoms with Crippen molar-refractivity contribution in [3.63, 3.8) is 0 Å². The monoisotopic (exact) mass is 510 g/mol. The smallest absolute Gasteiger partial charge is 0.330 e. The molecule has 2 aromatic carbocycles. The predicted molar refractivity (Wildman–Crippen MR) is 153 cm³/mol. The molecule has 0 saturated heterocycles. The predicted octanol–water partition coefficient (Wildman–Crippen LogP) is 9.16. The zero-order valence-corrected chi connectivity index (χ0v) is 23.1. The van der Waals surface area contributed by atoms with Crippen molar-refractivity contribution in [2.75, 3.05) is 12.4 Å². The summed E-state index contributed by atoms with van der Waals surface area (Å²) in [7, 11) is 0. The molecule has 0 bridgehead atoms. The molecule has 0 aliphatic rings. The van der Waals surface area contributed by atoms with Crippen LogP contribution >= 0.6 is 11.8 Å². The first kappa shape index (κ1) is 30.2. The minimum atomic E-state index is -0.613. The zero-order valence-electron chi connectivity index (χ0n) is 22.3. The van der Waals surface area contributed by atoms with Crippen LogP contribution in [0.2, 0.25) is 0 Å². The number of hydrogen-bond acceptors (Lipinski definition) is 4. The number of hydrogen-bond donors (Lipinski definition) is 0. The van der Waals surface area contributed by atoms with Gasteiger partial charge in [0.2, 0.25) is 0 Å². The lowest BCUT2D eigenvalue weighted by Crippen LogP contribution is -2.40. The van der Waals surface area contributed by atoms with E-state index in [1.165, 1.54) is 62.3 Å². The second-order valence-electron chi connectivity index (χ2n) is 9.63. The summed E-state index contributed by atoms with van der Waals surface area (Å²) in [4.78, 5) is 13.6. The van der Waals surface area contributed by atoms with Crippen LogP contribution in [0.5, 0.6) is 0 Å². The fourth-order valence-electron chi connectivity index (χ4n) is 4.44. The highest BCUT2D eigenvalue weighted by atomic mass is 32.2. The van der Waals surface area contributed by atoms with Gasteiger partial charge in [0.25, 0.3) is 0 Å². The molecule has 0 fully saturated rings. The highest BCUT2D eigenvalue weighted by molar-refractivity contribution is 7.99. The average molecular weight is 511 g/mol. The Bertz CT molecular complexity index is 824. The van der Waals surface area contributed by atoms with Gasteiger partial charge in [-0.2, -0.15) is 0 Å². The third-order valence-corrected chi connectivity index (χ3v) is 7.58. The maximum Gasteiger partial charge on any atom is 0.330 e. The van der Waals surface area contributed by atoms with Gasteiger partial charge in [-0.1, -0.05) is 113 Å². The topological polar surface area (TPSA) is 35.5 Å². The Kier molecular flexibility index (Phi) is 16.0. The maximum absolute atomic E-state index is 12.4. The Hall–Kier alpha value is -2.04. The Morgan fingerprint density at radius 1 is 0.833 bits per heavy atom. The second kappa shape index (κ2) is 19.1. The molecule has 0 heterocycles. The molecule has 0 unspecified atom stereocenters. The van der Waals surface area contributed by atoms with E-state index in [1.807, 2.05) is 36.0 Å². The van der Waals surface area contributed by atoms with Crippen LogP contribution in [0, 0.1) is 0 Å². The van der Waals surface area contributed by atoms with Gasteiger partial charge in [-0.3, -0.25) is 0 Å². The van der Waals surface area contributed by atoms with Gasteiger partial charge < -0.3 is 9.47 Å². The van der Waals surface area contributed by atoms with Crippen molar-refractivity contribution in [1.29, 1.82) is 0 Å².